The first-order chi connectivity index (χ1) is 10.1. The molecule has 2 aromatic heterocycles. The molecule has 0 saturated heterocycles. The van der Waals surface area contributed by atoms with Crippen LogP contribution in [-0.4, -0.2) is 16.0 Å². The molecule has 106 valence electrons. The number of furan rings is 1. The molecule has 0 bridgehead atoms. The van der Waals surface area contributed by atoms with E-state index in [1.54, 1.807) is 35.9 Å². The molecule has 21 heavy (non-hydrogen) atoms. The molecular formula is C15H12N2O3S. The van der Waals surface area contributed by atoms with E-state index in [0.717, 1.165) is 5.56 Å². The van der Waals surface area contributed by atoms with Gasteiger partial charge in [0.2, 0.25) is 0 Å². The van der Waals surface area contributed by atoms with Crippen LogP contribution in [0.25, 0.3) is 10.8 Å². The molecule has 6 heteroatoms. The number of carbonyl (C=O) groups is 1. The Kier molecular flexibility index (Phi) is 3.45. The lowest BCUT2D eigenvalue weighted by molar-refractivity contribution is 0.102. The fraction of sp³-hybridized carbons (Fsp3) is 0.0667. The monoisotopic (exact) mass is 300 g/mol. The molecule has 0 saturated carbocycles. The summed E-state index contributed by atoms with van der Waals surface area (Å²) < 4.78 is 5.24. The standard InChI is InChI=1S/C15H12N2O3S/c1-9-4-5-10(12(18)7-9)16-14(19)11-8-21-15(17-11)13-3-2-6-20-13/h2-8,18H,1H3,(H,16,19). The highest BCUT2D eigenvalue weighted by atomic mass is 32.1. The van der Waals surface area contributed by atoms with Crippen LogP contribution in [0.2, 0.25) is 0 Å². The molecule has 1 amide bonds. The van der Waals surface area contributed by atoms with Crippen molar-refractivity contribution < 1.29 is 14.3 Å². The number of aromatic nitrogens is 1. The van der Waals surface area contributed by atoms with Crippen molar-refractivity contribution in [2.75, 3.05) is 5.32 Å². The van der Waals surface area contributed by atoms with Gasteiger partial charge in [0, 0.05) is 5.38 Å². The fourth-order valence-corrected chi connectivity index (χ4v) is 2.59. The van der Waals surface area contributed by atoms with E-state index in [-0.39, 0.29) is 17.4 Å². The van der Waals surface area contributed by atoms with Crippen molar-refractivity contribution in [1.29, 1.82) is 0 Å². The SMILES string of the molecule is Cc1ccc(NC(=O)c2csc(-c3ccco3)n2)c(O)c1. The highest BCUT2D eigenvalue weighted by Crippen LogP contribution is 2.26. The number of phenolic OH excluding ortho intramolecular Hbond substituents is 1. The minimum Gasteiger partial charge on any atom is -0.506 e. The predicted molar refractivity (Wildman–Crippen MR) is 80.6 cm³/mol. The third-order valence-corrected chi connectivity index (χ3v) is 3.73. The highest BCUT2D eigenvalue weighted by Gasteiger charge is 2.14. The molecule has 1 aromatic carbocycles. The van der Waals surface area contributed by atoms with E-state index in [0.29, 0.717) is 16.5 Å². The molecular weight excluding hydrogens is 288 g/mol. The molecule has 0 aliphatic heterocycles. The summed E-state index contributed by atoms with van der Waals surface area (Å²) in [6.07, 6.45) is 1.56. The zero-order valence-corrected chi connectivity index (χ0v) is 12.0. The number of phenols is 1. The Morgan fingerprint density at radius 1 is 1.38 bits per heavy atom. The van der Waals surface area contributed by atoms with E-state index >= 15 is 0 Å². The van der Waals surface area contributed by atoms with E-state index in [1.165, 1.54) is 11.3 Å². The van der Waals surface area contributed by atoms with Crippen LogP contribution in [-0.2, 0) is 0 Å². The second-order valence-electron chi connectivity index (χ2n) is 4.49. The number of thiazole rings is 1. The lowest BCUT2D eigenvalue weighted by atomic mass is 10.2. The fourth-order valence-electron chi connectivity index (χ4n) is 1.83. The Balaban J connectivity index is 1.79. The van der Waals surface area contributed by atoms with E-state index in [9.17, 15) is 9.90 Å². The molecule has 3 rings (SSSR count). The Bertz CT molecular complexity index is 778. The lowest BCUT2D eigenvalue weighted by Gasteiger charge is -2.06. The Labute approximate surface area is 124 Å². The molecule has 0 spiro atoms. The third kappa shape index (κ3) is 2.80. The number of hydrogen-bond acceptors (Lipinski definition) is 5. The van der Waals surface area contributed by atoms with Crippen molar-refractivity contribution in [2.45, 2.75) is 6.92 Å². The molecule has 5 nitrogen and oxygen atoms in total. The number of amides is 1. The molecule has 0 aliphatic carbocycles. The maximum Gasteiger partial charge on any atom is 0.275 e. The van der Waals surface area contributed by atoms with Crippen LogP contribution in [0, 0.1) is 6.92 Å². The van der Waals surface area contributed by atoms with Crippen LogP contribution >= 0.6 is 11.3 Å². The third-order valence-electron chi connectivity index (χ3n) is 2.87. The second-order valence-corrected chi connectivity index (χ2v) is 5.35. The summed E-state index contributed by atoms with van der Waals surface area (Å²) in [6, 6.07) is 8.60. The number of hydrogen-bond donors (Lipinski definition) is 2. The van der Waals surface area contributed by atoms with Gasteiger partial charge in [-0.1, -0.05) is 6.07 Å². The minimum absolute atomic E-state index is 0.0323. The summed E-state index contributed by atoms with van der Waals surface area (Å²) in [5, 5.41) is 14.7. The smallest absolute Gasteiger partial charge is 0.275 e. The highest BCUT2D eigenvalue weighted by molar-refractivity contribution is 7.13. The number of nitrogens with zero attached hydrogens (tertiary/aromatic N) is 1. The van der Waals surface area contributed by atoms with Gasteiger partial charge in [-0.3, -0.25) is 4.79 Å². The van der Waals surface area contributed by atoms with E-state index in [2.05, 4.69) is 10.3 Å². The molecule has 0 atom stereocenters. The maximum atomic E-state index is 12.1. The minimum atomic E-state index is -0.372. The van der Waals surface area contributed by atoms with E-state index < -0.39 is 0 Å². The first kappa shape index (κ1) is 13.4. The second kappa shape index (κ2) is 5.41. The van der Waals surface area contributed by atoms with Gasteiger partial charge >= 0.3 is 0 Å². The summed E-state index contributed by atoms with van der Waals surface area (Å²) >= 11 is 1.32. The number of aryl methyl sites for hydroxylation is 1. The number of anilines is 1. The summed E-state index contributed by atoms with van der Waals surface area (Å²) in [5.41, 5.74) is 1.56. The Morgan fingerprint density at radius 2 is 2.24 bits per heavy atom. The number of carbonyl (C=O) groups excluding carboxylic acids is 1. The topological polar surface area (TPSA) is 75.4 Å². The van der Waals surface area contributed by atoms with Gasteiger partial charge in [0.05, 0.1) is 12.0 Å². The van der Waals surface area contributed by atoms with Gasteiger partial charge in [0.25, 0.3) is 5.91 Å². The number of benzene rings is 1. The quantitative estimate of drug-likeness (QED) is 0.724. The maximum absolute atomic E-state index is 12.1. The largest absolute Gasteiger partial charge is 0.506 e. The van der Waals surface area contributed by atoms with Crippen LogP contribution in [0.15, 0.2) is 46.4 Å². The van der Waals surface area contributed by atoms with Gasteiger partial charge in [-0.25, -0.2) is 4.98 Å². The van der Waals surface area contributed by atoms with Crippen LogP contribution < -0.4 is 5.32 Å². The lowest BCUT2D eigenvalue weighted by Crippen LogP contribution is -2.12. The van der Waals surface area contributed by atoms with Crippen LogP contribution in [0.3, 0.4) is 0 Å². The summed E-state index contributed by atoms with van der Waals surface area (Å²) in [4.78, 5) is 16.4. The molecule has 2 heterocycles. The number of rotatable bonds is 3. The van der Waals surface area contributed by atoms with Crippen molar-refractivity contribution in [2.24, 2.45) is 0 Å². The van der Waals surface area contributed by atoms with Crippen LogP contribution in [0.5, 0.6) is 5.75 Å². The summed E-state index contributed by atoms with van der Waals surface area (Å²) in [5.74, 6) is 0.283. The number of aromatic hydroxyl groups is 1. The van der Waals surface area contributed by atoms with E-state index in [1.807, 2.05) is 13.0 Å². The average Bonchev–Trinajstić information content (AvgIpc) is 3.10. The normalized spacial score (nSPS) is 10.5. The summed E-state index contributed by atoms with van der Waals surface area (Å²) in [6.45, 7) is 1.86. The predicted octanol–water partition coefficient (Wildman–Crippen LogP) is 3.67. The molecule has 0 unspecified atom stereocenters. The molecule has 2 N–H and O–H groups in total. The van der Waals surface area contributed by atoms with Gasteiger partial charge in [-0.15, -0.1) is 11.3 Å². The average molecular weight is 300 g/mol. The van der Waals surface area contributed by atoms with Crippen molar-refractivity contribution in [1.82, 2.24) is 4.98 Å². The molecule has 0 radical (unpaired) electrons. The van der Waals surface area contributed by atoms with Crippen molar-refractivity contribution in [3.63, 3.8) is 0 Å². The summed E-state index contributed by atoms with van der Waals surface area (Å²) in [7, 11) is 0. The zero-order valence-electron chi connectivity index (χ0n) is 11.2. The van der Waals surface area contributed by atoms with Crippen LogP contribution in [0.4, 0.5) is 5.69 Å². The van der Waals surface area contributed by atoms with Gasteiger partial charge < -0.3 is 14.8 Å². The molecule has 0 aliphatic rings. The first-order valence-electron chi connectivity index (χ1n) is 6.24. The number of nitrogens with one attached hydrogen (secondary N) is 1. The Morgan fingerprint density at radius 3 is 2.95 bits per heavy atom. The van der Waals surface area contributed by atoms with Crippen molar-refractivity contribution in [3.8, 4) is 16.5 Å². The van der Waals surface area contributed by atoms with Crippen molar-refractivity contribution in [3.05, 3.63) is 53.2 Å². The zero-order chi connectivity index (χ0) is 14.8. The van der Waals surface area contributed by atoms with Crippen molar-refractivity contribution >= 4 is 22.9 Å². The van der Waals surface area contributed by atoms with Gasteiger partial charge in [0.15, 0.2) is 10.8 Å². The molecule has 3 aromatic rings. The molecule has 0 fully saturated rings. The van der Waals surface area contributed by atoms with Crippen LogP contribution in [0.1, 0.15) is 16.1 Å². The first-order valence-corrected chi connectivity index (χ1v) is 7.12. The van der Waals surface area contributed by atoms with Gasteiger partial charge in [-0.05, 0) is 36.8 Å². The van der Waals surface area contributed by atoms with Gasteiger partial charge in [0.1, 0.15) is 11.4 Å². The van der Waals surface area contributed by atoms with E-state index in [4.69, 9.17) is 4.42 Å². The Hall–Kier alpha value is -2.60. The van der Waals surface area contributed by atoms with Gasteiger partial charge in [-0.2, -0.15) is 0 Å².